The molecule has 0 aromatic heterocycles. The highest BCUT2D eigenvalue weighted by Crippen LogP contribution is 2.43. The Kier molecular flexibility index (Phi) is 4.78. The highest BCUT2D eigenvalue weighted by Gasteiger charge is 2.55. The third-order valence-electron chi connectivity index (χ3n) is 7.11. The summed E-state index contributed by atoms with van der Waals surface area (Å²) in [5, 5.41) is 0. The predicted octanol–water partition coefficient (Wildman–Crippen LogP) is 2.44. The zero-order valence-electron chi connectivity index (χ0n) is 15.5. The molecule has 3 aliphatic heterocycles. The molecule has 3 heterocycles. The Morgan fingerprint density at radius 3 is 2.40 bits per heavy atom. The van der Waals surface area contributed by atoms with E-state index < -0.39 is 5.41 Å². The van der Waals surface area contributed by atoms with Gasteiger partial charge in [-0.3, -0.25) is 9.59 Å². The van der Waals surface area contributed by atoms with E-state index in [1.807, 2.05) is 9.80 Å². The van der Waals surface area contributed by atoms with Crippen molar-refractivity contribution in [1.82, 2.24) is 9.80 Å². The summed E-state index contributed by atoms with van der Waals surface area (Å²) in [6, 6.07) is 0. The quantitative estimate of drug-likeness (QED) is 0.770. The minimum Gasteiger partial charge on any atom is -0.377 e. The van der Waals surface area contributed by atoms with E-state index >= 15 is 0 Å². The molecule has 1 aliphatic carbocycles. The number of carbonyl (C=O) groups is 2. The average molecular weight is 348 g/mol. The van der Waals surface area contributed by atoms with E-state index in [-0.39, 0.29) is 17.9 Å². The molecule has 0 N–H and O–H groups in total. The van der Waals surface area contributed by atoms with Crippen molar-refractivity contribution < 1.29 is 14.3 Å². The Hall–Kier alpha value is -1.10. The third kappa shape index (κ3) is 3.09. The van der Waals surface area contributed by atoms with E-state index in [1.165, 1.54) is 0 Å². The number of hydrogen-bond donors (Lipinski definition) is 0. The molecule has 0 bridgehead atoms. The van der Waals surface area contributed by atoms with Gasteiger partial charge in [-0.2, -0.15) is 0 Å². The van der Waals surface area contributed by atoms with Gasteiger partial charge in [0.15, 0.2) is 0 Å². The average Bonchev–Trinajstić information content (AvgIpc) is 3.30. The topological polar surface area (TPSA) is 49.9 Å². The molecule has 4 aliphatic rings. The summed E-state index contributed by atoms with van der Waals surface area (Å²) < 4.78 is 5.94. The zero-order valence-corrected chi connectivity index (χ0v) is 15.5. The Morgan fingerprint density at radius 1 is 0.960 bits per heavy atom. The van der Waals surface area contributed by atoms with Crippen LogP contribution in [0.5, 0.6) is 0 Å². The molecule has 0 aromatic rings. The van der Waals surface area contributed by atoms with E-state index in [9.17, 15) is 9.59 Å². The van der Waals surface area contributed by atoms with Crippen LogP contribution in [-0.2, 0) is 14.3 Å². The lowest BCUT2D eigenvalue weighted by molar-refractivity contribution is -0.155. The molecule has 2 amide bonds. The van der Waals surface area contributed by atoms with Crippen molar-refractivity contribution >= 4 is 11.8 Å². The molecule has 140 valence electrons. The Morgan fingerprint density at radius 2 is 1.68 bits per heavy atom. The number of hydrogen-bond acceptors (Lipinski definition) is 3. The molecule has 25 heavy (non-hydrogen) atoms. The van der Waals surface area contributed by atoms with Gasteiger partial charge in [-0.15, -0.1) is 0 Å². The fourth-order valence-corrected chi connectivity index (χ4v) is 5.44. The van der Waals surface area contributed by atoms with Crippen LogP contribution in [0.2, 0.25) is 0 Å². The van der Waals surface area contributed by atoms with E-state index in [0.717, 1.165) is 76.9 Å². The van der Waals surface area contributed by atoms with Crippen LogP contribution in [0.25, 0.3) is 0 Å². The van der Waals surface area contributed by atoms with Crippen molar-refractivity contribution in [2.75, 3.05) is 32.8 Å². The monoisotopic (exact) mass is 348 g/mol. The molecule has 3 saturated heterocycles. The second-order valence-electron chi connectivity index (χ2n) is 8.77. The van der Waals surface area contributed by atoms with Gasteiger partial charge in [-0.25, -0.2) is 0 Å². The van der Waals surface area contributed by atoms with Gasteiger partial charge < -0.3 is 14.5 Å². The van der Waals surface area contributed by atoms with Crippen LogP contribution >= 0.6 is 0 Å². The van der Waals surface area contributed by atoms with E-state index in [4.69, 9.17) is 4.74 Å². The summed E-state index contributed by atoms with van der Waals surface area (Å²) >= 11 is 0. The fraction of sp³-hybridized carbons (Fsp3) is 0.900. The molecule has 4 fully saturated rings. The zero-order chi connectivity index (χ0) is 17.4. The summed E-state index contributed by atoms with van der Waals surface area (Å²) in [6.45, 7) is 6.03. The van der Waals surface area contributed by atoms with Crippen LogP contribution in [-0.4, -0.2) is 60.5 Å². The molecule has 0 unspecified atom stereocenters. The minimum atomic E-state index is -0.472. The van der Waals surface area contributed by atoms with Gasteiger partial charge in [0, 0.05) is 38.7 Å². The smallest absolute Gasteiger partial charge is 0.233 e. The van der Waals surface area contributed by atoms with Gasteiger partial charge >= 0.3 is 0 Å². The third-order valence-corrected chi connectivity index (χ3v) is 7.11. The van der Waals surface area contributed by atoms with Crippen molar-refractivity contribution in [3.8, 4) is 0 Å². The normalized spacial score (nSPS) is 38.7. The first kappa shape index (κ1) is 17.3. The highest BCUT2D eigenvalue weighted by molar-refractivity contribution is 5.86. The van der Waals surface area contributed by atoms with E-state index in [1.54, 1.807) is 0 Å². The van der Waals surface area contributed by atoms with Gasteiger partial charge in [0.1, 0.15) is 0 Å². The maximum atomic E-state index is 13.3. The number of carbonyl (C=O) groups excluding carboxylic acids is 2. The van der Waals surface area contributed by atoms with E-state index in [0.29, 0.717) is 19.1 Å². The van der Waals surface area contributed by atoms with Crippen LogP contribution in [0.15, 0.2) is 0 Å². The maximum Gasteiger partial charge on any atom is 0.233 e. The van der Waals surface area contributed by atoms with Crippen LogP contribution in [0.4, 0.5) is 0 Å². The highest BCUT2D eigenvalue weighted by atomic mass is 16.5. The van der Waals surface area contributed by atoms with Crippen molar-refractivity contribution in [3.63, 3.8) is 0 Å². The number of nitrogens with zero attached hydrogens (tertiary/aromatic N) is 2. The van der Waals surface area contributed by atoms with Crippen molar-refractivity contribution in [3.05, 3.63) is 0 Å². The second kappa shape index (κ2) is 6.90. The lowest BCUT2D eigenvalue weighted by Gasteiger charge is -2.45. The summed E-state index contributed by atoms with van der Waals surface area (Å²) in [6.07, 6.45) is 8.17. The Balaban J connectivity index is 1.48. The fourth-order valence-electron chi connectivity index (χ4n) is 5.44. The number of likely N-dealkylation sites (tertiary alicyclic amines) is 2. The molecule has 5 nitrogen and oxygen atoms in total. The standard InChI is InChI=1S/C20H32N2O3/c1-15-4-6-16(7-5-15)18(23)22-12-8-17-20(14-22,9-13-25-17)19(24)21-10-2-3-11-21/h15-17H,2-14H2,1H3/t15?,16?,17-,20-/m1/s1. The molecular weight excluding hydrogens is 316 g/mol. The van der Waals surface area contributed by atoms with Gasteiger partial charge in [-0.05, 0) is 57.3 Å². The Labute approximate surface area is 151 Å². The van der Waals surface area contributed by atoms with Crippen LogP contribution in [0.3, 0.4) is 0 Å². The second-order valence-corrected chi connectivity index (χ2v) is 8.77. The lowest BCUT2D eigenvalue weighted by atomic mass is 9.74. The van der Waals surface area contributed by atoms with Gasteiger partial charge in [-0.1, -0.05) is 6.92 Å². The SMILES string of the molecule is CC1CCC(C(=O)N2CC[C@H]3OCC[C@@]3(C(=O)N3CCCC3)C2)CC1. The number of piperidine rings is 1. The molecule has 4 rings (SSSR count). The molecule has 0 radical (unpaired) electrons. The number of ether oxygens (including phenoxy) is 1. The molecule has 5 heteroatoms. The summed E-state index contributed by atoms with van der Waals surface area (Å²) in [4.78, 5) is 30.4. The number of amides is 2. The molecule has 0 aromatic carbocycles. The van der Waals surface area contributed by atoms with Crippen LogP contribution < -0.4 is 0 Å². The summed E-state index contributed by atoms with van der Waals surface area (Å²) in [7, 11) is 0. The van der Waals surface area contributed by atoms with Gasteiger partial charge in [0.05, 0.1) is 11.5 Å². The van der Waals surface area contributed by atoms with Crippen molar-refractivity contribution in [2.24, 2.45) is 17.3 Å². The summed E-state index contributed by atoms with van der Waals surface area (Å²) in [5.41, 5.74) is -0.472. The maximum absolute atomic E-state index is 13.3. The predicted molar refractivity (Wildman–Crippen MR) is 94.9 cm³/mol. The van der Waals surface area contributed by atoms with Crippen LogP contribution in [0.1, 0.15) is 58.3 Å². The minimum absolute atomic E-state index is 0.0102. The molecular formula is C20H32N2O3. The lowest BCUT2D eigenvalue weighted by Crippen LogP contribution is -2.59. The first-order valence-electron chi connectivity index (χ1n) is 10.3. The largest absolute Gasteiger partial charge is 0.377 e. The number of fused-ring (bicyclic) bond motifs is 1. The van der Waals surface area contributed by atoms with E-state index in [2.05, 4.69) is 6.92 Å². The molecule has 0 spiro atoms. The van der Waals surface area contributed by atoms with Gasteiger partial charge in [0.25, 0.3) is 0 Å². The Bertz CT molecular complexity index is 523. The van der Waals surface area contributed by atoms with Gasteiger partial charge in [0.2, 0.25) is 11.8 Å². The first-order valence-corrected chi connectivity index (χ1v) is 10.3. The van der Waals surface area contributed by atoms with Crippen molar-refractivity contribution in [1.29, 1.82) is 0 Å². The van der Waals surface area contributed by atoms with Crippen molar-refractivity contribution in [2.45, 2.75) is 64.4 Å². The molecule has 2 atom stereocenters. The first-order chi connectivity index (χ1) is 12.1. The molecule has 1 saturated carbocycles. The summed E-state index contributed by atoms with van der Waals surface area (Å²) in [5.74, 6) is 1.48. The number of rotatable bonds is 2. The van der Waals surface area contributed by atoms with Crippen LogP contribution in [0, 0.1) is 17.3 Å².